The van der Waals surface area contributed by atoms with E-state index in [0.717, 1.165) is 32.7 Å². The first-order chi connectivity index (χ1) is 11.9. The van der Waals surface area contributed by atoms with Crippen LogP contribution >= 0.6 is 15.9 Å². The normalized spacial score (nSPS) is 17.0. The maximum Gasteiger partial charge on any atom is 0.417 e. The minimum atomic E-state index is -4.34. The molecule has 0 aliphatic carbocycles. The van der Waals surface area contributed by atoms with Gasteiger partial charge >= 0.3 is 6.18 Å². The Hall–Kier alpha value is -1.44. The van der Waals surface area contributed by atoms with Crippen LogP contribution in [0, 0.1) is 0 Å². The van der Waals surface area contributed by atoms with Crippen LogP contribution in [-0.2, 0) is 19.3 Å². The highest BCUT2D eigenvalue weighted by Gasteiger charge is 2.33. The molecule has 25 heavy (non-hydrogen) atoms. The number of benzene rings is 1. The molecule has 1 saturated heterocycles. The van der Waals surface area contributed by atoms with Gasteiger partial charge in [-0.3, -0.25) is 14.8 Å². The van der Waals surface area contributed by atoms with Crippen molar-refractivity contribution in [3.05, 3.63) is 63.9 Å². The van der Waals surface area contributed by atoms with Crippen LogP contribution in [0.1, 0.15) is 16.7 Å². The summed E-state index contributed by atoms with van der Waals surface area (Å²) in [5.74, 6) is 0. The van der Waals surface area contributed by atoms with E-state index in [9.17, 15) is 13.2 Å². The molecule has 134 valence electrons. The van der Waals surface area contributed by atoms with Crippen LogP contribution in [0.2, 0.25) is 0 Å². The largest absolute Gasteiger partial charge is 0.417 e. The molecule has 3 rings (SSSR count). The molecule has 0 radical (unpaired) electrons. The van der Waals surface area contributed by atoms with E-state index in [1.165, 1.54) is 17.7 Å². The summed E-state index contributed by atoms with van der Waals surface area (Å²) in [4.78, 5) is 8.57. The second kappa shape index (κ2) is 7.85. The zero-order chi connectivity index (χ0) is 17.9. The highest BCUT2D eigenvalue weighted by atomic mass is 79.9. The number of hydrogen-bond acceptors (Lipinski definition) is 3. The molecule has 0 unspecified atom stereocenters. The highest BCUT2D eigenvalue weighted by molar-refractivity contribution is 9.10. The lowest BCUT2D eigenvalue weighted by atomic mass is 10.1. The fraction of sp³-hybridized carbons (Fsp3) is 0.389. The van der Waals surface area contributed by atoms with Gasteiger partial charge in [0.25, 0.3) is 0 Å². The van der Waals surface area contributed by atoms with E-state index in [0.29, 0.717) is 12.1 Å². The summed E-state index contributed by atoms with van der Waals surface area (Å²) in [6.07, 6.45) is -0.757. The number of alkyl halides is 3. The third-order valence-electron chi connectivity index (χ3n) is 4.36. The molecule has 1 aliphatic heterocycles. The number of piperazine rings is 1. The third kappa shape index (κ3) is 5.03. The Labute approximate surface area is 153 Å². The summed E-state index contributed by atoms with van der Waals surface area (Å²) in [7, 11) is 0. The molecular weight excluding hydrogens is 395 g/mol. The molecule has 0 N–H and O–H groups in total. The lowest BCUT2D eigenvalue weighted by Gasteiger charge is -2.34. The van der Waals surface area contributed by atoms with Crippen LogP contribution in [-0.4, -0.2) is 41.0 Å². The van der Waals surface area contributed by atoms with E-state index < -0.39 is 11.7 Å². The predicted octanol–water partition coefficient (Wildman–Crippen LogP) is 4.18. The maximum atomic E-state index is 13.0. The zero-order valence-corrected chi connectivity index (χ0v) is 15.2. The molecular formula is C18H19BrF3N3. The third-order valence-corrected chi connectivity index (χ3v) is 5.05. The highest BCUT2D eigenvalue weighted by Crippen LogP contribution is 2.35. The smallest absolute Gasteiger partial charge is 0.297 e. The van der Waals surface area contributed by atoms with Crippen LogP contribution in [0.25, 0.3) is 0 Å². The van der Waals surface area contributed by atoms with Crippen molar-refractivity contribution in [3.8, 4) is 0 Å². The first-order valence-corrected chi connectivity index (χ1v) is 8.90. The Morgan fingerprint density at radius 1 is 0.880 bits per heavy atom. The molecule has 1 fully saturated rings. The summed E-state index contributed by atoms with van der Waals surface area (Å²) in [6.45, 7) is 4.94. The molecule has 0 saturated carbocycles. The van der Waals surface area contributed by atoms with Gasteiger partial charge in [-0.1, -0.05) is 22.0 Å². The number of halogens is 4. The van der Waals surface area contributed by atoms with Crippen molar-refractivity contribution >= 4 is 15.9 Å². The standard InChI is InChI=1S/C18H19BrF3N3/c19-17-2-1-15(11-16(17)18(20,21)22)13-25-9-7-24(8-10-25)12-14-3-5-23-6-4-14/h1-6,11H,7-10,12-13H2. The van der Waals surface area contributed by atoms with E-state index in [4.69, 9.17) is 0 Å². The topological polar surface area (TPSA) is 19.4 Å². The molecule has 1 aromatic heterocycles. The number of nitrogens with zero attached hydrogens (tertiary/aromatic N) is 3. The molecule has 7 heteroatoms. The van der Waals surface area contributed by atoms with E-state index in [1.54, 1.807) is 18.5 Å². The van der Waals surface area contributed by atoms with Gasteiger partial charge in [0.1, 0.15) is 0 Å². The average molecular weight is 414 g/mol. The molecule has 0 amide bonds. The van der Waals surface area contributed by atoms with Gasteiger partial charge < -0.3 is 0 Å². The van der Waals surface area contributed by atoms with Crippen molar-refractivity contribution in [2.75, 3.05) is 26.2 Å². The lowest BCUT2D eigenvalue weighted by molar-refractivity contribution is -0.138. The van der Waals surface area contributed by atoms with Crippen LogP contribution < -0.4 is 0 Å². The van der Waals surface area contributed by atoms with Crippen molar-refractivity contribution in [3.63, 3.8) is 0 Å². The van der Waals surface area contributed by atoms with Gasteiger partial charge in [0.05, 0.1) is 5.56 Å². The first kappa shape index (κ1) is 18.4. The van der Waals surface area contributed by atoms with E-state index in [2.05, 4.69) is 30.7 Å². The number of aromatic nitrogens is 1. The van der Waals surface area contributed by atoms with Crippen LogP contribution in [0.5, 0.6) is 0 Å². The van der Waals surface area contributed by atoms with Gasteiger partial charge in [-0.25, -0.2) is 0 Å². The van der Waals surface area contributed by atoms with Crippen LogP contribution in [0.3, 0.4) is 0 Å². The molecule has 1 aromatic carbocycles. The first-order valence-electron chi connectivity index (χ1n) is 8.11. The molecule has 2 heterocycles. The number of rotatable bonds is 4. The van der Waals surface area contributed by atoms with E-state index in [-0.39, 0.29) is 4.47 Å². The monoisotopic (exact) mass is 413 g/mol. The lowest BCUT2D eigenvalue weighted by Crippen LogP contribution is -2.45. The predicted molar refractivity (Wildman–Crippen MR) is 93.9 cm³/mol. The minimum Gasteiger partial charge on any atom is -0.297 e. The zero-order valence-electron chi connectivity index (χ0n) is 13.6. The average Bonchev–Trinajstić information content (AvgIpc) is 2.58. The number of hydrogen-bond donors (Lipinski definition) is 0. The van der Waals surface area contributed by atoms with Gasteiger partial charge in [0, 0.05) is 56.1 Å². The minimum absolute atomic E-state index is 0.0888. The SMILES string of the molecule is FC(F)(F)c1cc(CN2CCN(Cc3ccncc3)CC2)ccc1Br. The summed E-state index contributed by atoms with van der Waals surface area (Å²) in [5.41, 5.74) is 1.31. The molecule has 3 nitrogen and oxygen atoms in total. The quantitative estimate of drug-likeness (QED) is 0.749. The fourth-order valence-corrected chi connectivity index (χ4v) is 3.47. The second-order valence-electron chi connectivity index (χ2n) is 6.22. The van der Waals surface area contributed by atoms with E-state index in [1.807, 2.05) is 12.1 Å². The van der Waals surface area contributed by atoms with Crippen molar-refractivity contribution in [2.24, 2.45) is 0 Å². The van der Waals surface area contributed by atoms with Gasteiger partial charge in [-0.2, -0.15) is 13.2 Å². The molecule has 2 aromatic rings. The van der Waals surface area contributed by atoms with Gasteiger partial charge in [0.2, 0.25) is 0 Å². The van der Waals surface area contributed by atoms with Crippen molar-refractivity contribution in [1.82, 2.24) is 14.8 Å². The Morgan fingerprint density at radius 3 is 2.00 bits per heavy atom. The number of pyridine rings is 1. The molecule has 0 atom stereocenters. The van der Waals surface area contributed by atoms with Gasteiger partial charge in [-0.05, 0) is 35.4 Å². The second-order valence-corrected chi connectivity index (χ2v) is 7.07. The Kier molecular flexibility index (Phi) is 5.76. The molecule has 0 bridgehead atoms. The van der Waals surface area contributed by atoms with Crippen molar-refractivity contribution < 1.29 is 13.2 Å². The fourth-order valence-electron chi connectivity index (χ4n) is 3.00. The van der Waals surface area contributed by atoms with Crippen LogP contribution in [0.4, 0.5) is 13.2 Å². The Balaban J connectivity index is 1.56. The summed E-state index contributed by atoms with van der Waals surface area (Å²) < 4.78 is 39.1. The van der Waals surface area contributed by atoms with Crippen LogP contribution in [0.15, 0.2) is 47.2 Å². The molecule has 0 spiro atoms. The van der Waals surface area contributed by atoms with E-state index >= 15 is 0 Å². The van der Waals surface area contributed by atoms with Crippen molar-refractivity contribution in [2.45, 2.75) is 19.3 Å². The Bertz CT molecular complexity index is 698. The maximum absolute atomic E-state index is 13.0. The van der Waals surface area contributed by atoms with Gasteiger partial charge in [-0.15, -0.1) is 0 Å². The summed E-state index contributed by atoms with van der Waals surface area (Å²) in [5, 5.41) is 0. The van der Waals surface area contributed by atoms with Crippen molar-refractivity contribution in [1.29, 1.82) is 0 Å². The van der Waals surface area contributed by atoms with Gasteiger partial charge in [0.15, 0.2) is 0 Å². The molecule has 1 aliphatic rings. The summed E-state index contributed by atoms with van der Waals surface area (Å²) >= 11 is 2.99. The Morgan fingerprint density at radius 2 is 1.44 bits per heavy atom. The summed E-state index contributed by atoms with van der Waals surface area (Å²) in [6, 6.07) is 8.49.